The summed E-state index contributed by atoms with van der Waals surface area (Å²) in [7, 11) is 0. The fourth-order valence-corrected chi connectivity index (χ4v) is 1.62. The van der Waals surface area contributed by atoms with Crippen LogP contribution in [0.15, 0.2) is 18.5 Å². The summed E-state index contributed by atoms with van der Waals surface area (Å²) in [6.07, 6.45) is 4.58. The lowest BCUT2D eigenvalue weighted by Crippen LogP contribution is -2.25. The van der Waals surface area contributed by atoms with Gasteiger partial charge in [0, 0.05) is 25.9 Å². The molecule has 1 fully saturated rings. The van der Waals surface area contributed by atoms with Crippen LogP contribution >= 0.6 is 0 Å². The second-order valence-corrected chi connectivity index (χ2v) is 3.43. The van der Waals surface area contributed by atoms with Crippen LogP contribution < -0.4 is 10.6 Å². The number of rotatable bonds is 1. The molecule has 2 rings (SSSR count). The SMILES string of the molecule is Nc1cncc(N2CCCOCC2)c1. The summed E-state index contributed by atoms with van der Waals surface area (Å²) in [4.78, 5) is 6.34. The molecule has 0 radical (unpaired) electrons. The van der Waals surface area contributed by atoms with E-state index in [0.717, 1.165) is 38.4 Å². The molecule has 1 aliphatic heterocycles. The first kappa shape index (κ1) is 9.27. The predicted octanol–water partition coefficient (Wildman–Crippen LogP) is 0.890. The van der Waals surface area contributed by atoms with Crippen LogP contribution in [0, 0.1) is 0 Å². The van der Waals surface area contributed by atoms with E-state index in [1.807, 2.05) is 12.3 Å². The highest BCUT2D eigenvalue weighted by Crippen LogP contribution is 2.16. The Morgan fingerprint density at radius 3 is 3.07 bits per heavy atom. The Morgan fingerprint density at radius 1 is 1.29 bits per heavy atom. The zero-order chi connectivity index (χ0) is 9.80. The normalized spacial score (nSPS) is 17.9. The van der Waals surface area contributed by atoms with Crippen molar-refractivity contribution in [1.82, 2.24) is 4.98 Å². The molecular weight excluding hydrogens is 178 g/mol. The molecule has 4 nitrogen and oxygen atoms in total. The Bertz CT molecular complexity index is 295. The van der Waals surface area contributed by atoms with Crippen LogP contribution in [0.1, 0.15) is 6.42 Å². The Kier molecular flexibility index (Phi) is 2.84. The van der Waals surface area contributed by atoms with Gasteiger partial charge in [0.1, 0.15) is 0 Å². The van der Waals surface area contributed by atoms with Gasteiger partial charge in [0.2, 0.25) is 0 Å². The number of nitrogens with two attached hydrogens (primary N) is 1. The minimum absolute atomic E-state index is 0.715. The van der Waals surface area contributed by atoms with Gasteiger partial charge in [-0.15, -0.1) is 0 Å². The van der Waals surface area contributed by atoms with Crippen LogP contribution in [0.4, 0.5) is 11.4 Å². The van der Waals surface area contributed by atoms with Crippen molar-refractivity contribution in [2.24, 2.45) is 0 Å². The lowest BCUT2D eigenvalue weighted by molar-refractivity contribution is 0.152. The first-order chi connectivity index (χ1) is 6.86. The molecule has 0 unspecified atom stereocenters. The van der Waals surface area contributed by atoms with Crippen molar-refractivity contribution in [3.8, 4) is 0 Å². The first-order valence-corrected chi connectivity index (χ1v) is 4.89. The number of anilines is 2. The van der Waals surface area contributed by atoms with Crippen LogP contribution in [0.5, 0.6) is 0 Å². The van der Waals surface area contributed by atoms with Gasteiger partial charge in [-0.05, 0) is 12.5 Å². The van der Waals surface area contributed by atoms with Gasteiger partial charge in [-0.3, -0.25) is 4.98 Å². The third-order valence-corrected chi connectivity index (χ3v) is 2.33. The van der Waals surface area contributed by atoms with Gasteiger partial charge in [0.15, 0.2) is 0 Å². The molecule has 0 saturated carbocycles. The number of nitrogens with zero attached hydrogens (tertiary/aromatic N) is 2. The van der Waals surface area contributed by atoms with E-state index < -0.39 is 0 Å². The molecular formula is C10H15N3O. The van der Waals surface area contributed by atoms with E-state index in [2.05, 4.69) is 9.88 Å². The van der Waals surface area contributed by atoms with Gasteiger partial charge in [-0.1, -0.05) is 0 Å². The Balaban J connectivity index is 2.12. The van der Waals surface area contributed by atoms with Gasteiger partial charge in [0.25, 0.3) is 0 Å². The Hall–Kier alpha value is -1.29. The van der Waals surface area contributed by atoms with E-state index in [4.69, 9.17) is 10.5 Å². The molecule has 1 aromatic heterocycles. The molecule has 0 atom stereocenters. The van der Waals surface area contributed by atoms with Gasteiger partial charge in [0.05, 0.1) is 24.2 Å². The van der Waals surface area contributed by atoms with E-state index in [1.165, 1.54) is 0 Å². The van der Waals surface area contributed by atoms with Crippen LogP contribution in [0.3, 0.4) is 0 Å². The van der Waals surface area contributed by atoms with E-state index in [-0.39, 0.29) is 0 Å². The van der Waals surface area contributed by atoms with Crippen molar-refractivity contribution in [3.63, 3.8) is 0 Å². The van der Waals surface area contributed by atoms with Crippen molar-refractivity contribution >= 4 is 11.4 Å². The smallest absolute Gasteiger partial charge is 0.0641 e. The maximum absolute atomic E-state index is 5.68. The molecule has 4 heteroatoms. The number of aromatic nitrogens is 1. The summed E-state index contributed by atoms with van der Waals surface area (Å²) in [5.41, 5.74) is 7.49. The van der Waals surface area contributed by atoms with Gasteiger partial charge < -0.3 is 15.4 Å². The van der Waals surface area contributed by atoms with E-state index in [0.29, 0.717) is 5.69 Å². The topological polar surface area (TPSA) is 51.4 Å². The first-order valence-electron chi connectivity index (χ1n) is 4.89. The van der Waals surface area contributed by atoms with Crippen LogP contribution in [0.2, 0.25) is 0 Å². The summed E-state index contributed by atoms with van der Waals surface area (Å²) in [5.74, 6) is 0. The molecule has 0 aliphatic carbocycles. The average Bonchev–Trinajstić information content (AvgIpc) is 2.45. The minimum Gasteiger partial charge on any atom is -0.397 e. The summed E-state index contributed by atoms with van der Waals surface area (Å²) in [5, 5.41) is 0. The molecule has 0 amide bonds. The molecule has 1 saturated heterocycles. The average molecular weight is 193 g/mol. The van der Waals surface area contributed by atoms with E-state index >= 15 is 0 Å². The maximum Gasteiger partial charge on any atom is 0.0641 e. The number of nitrogen functional groups attached to an aromatic ring is 1. The molecule has 0 aromatic carbocycles. The van der Waals surface area contributed by atoms with Crippen molar-refractivity contribution in [3.05, 3.63) is 18.5 Å². The van der Waals surface area contributed by atoms with Gasteiger partial charge in [-0.25, -0.2) is 0 Å². The zero-order valence-electron chi connectivity index (χ0n) is 8.15. The minimum atomic E-state index is 0.715. The molecule has 2 heterocycles. The molecule has 76 valence electrons. The monoisotopic (exact) mass is 193 g/mol. The van der Waals surface area contributed by atoms with Crippen LogP contribution in [0.25, 0.3) is 0 Å². The van der Waals surface area contributed by atoms with Crippen LogP contribution in [-0.4, -0.2) is 31.3 Å². The number of hydrogen-bond acceptors (Lipinski definition) is 4. The highest BCUT2D eigenvalue weighted by molar-refractivity contribution is 5.53. The van der Waals surface area contributed by atoms with Crippen LogP contribution in [-0.2, 0) is 4.74 Å². The van der Waals surface area contributed by atoms with Crippen molar-refractivity contribution in [1.29, 1.82) is 0 Å². The predicted molar refractivity (Wildman–Crippen MR) is 56.3 cm³/mol. The van der Waals surface area contributed by atoms with E-state index in [9.17, 15) is 0 Å². The maximum atomic E-state index is 5.68. The standard InChI is InChI=1S/C10H15N3O/c11-9-6-10(8-12-7-9)13-2-1-4-14-5-3-13/h6-8H,1-5,11H2. The third-order valence-electron chi connectivity index (χ3n) is 2.33. The second-order valence-electron chi connectivity index (χ2n) is 3.43. The fraction of sp³-hybridized carbons (Fsp3) is 0.500. The summed E-state index contributed by atoms with van der Waals surface area (Å²) in [6.45, 7) is 3.58. The lowest BCUT2D eigenvalue weighted by atomic mass is 10.3. The van der Waals surface area contributed by atoms with Gasteiger partial charge >= 0.3 is 0 Å². The van der Waals surface area contributed by atoms with Crippen molar-refractivity contribution < 1.29 is 4.74 Å². The summed E-state index contributed by atoms with van der Waals surface area (Å²) in [6, 6.07) is 1.96. The van der Waals surface area contributed by atoms with Crippen molar-refractivity contribution in [2.75, 3.05) is 36.9 Å². The van der Waals surface area contributed by atoms with Crippen molar-refractivity contribution in [2.45, 2.75) is 6.42 Å². The van der Waals surface area contributed by atoms with E-state index in [1.54, 1.807) is 6.20 Å². The quantitative estimate of drug-likeness (QED) is 0.719. The third kappa shape index (κ3) is 2.14. The summed E-state index contributed by atoms with van der Waals surface area (Å²) < 4.78 is 5.38. The Labute approximate surface area is 83.7 Å². The fourth-order valence-electron chi connectivity index (χ4n) is 1.62. The molecule has 2 N–H and O–H groups in total. The molecule has 14 heavy (non-hydrogen) atoms. The van der Waals surface area contributed by atoms with Gasteiger partial charge in [-0.2, -0.15) is 0 Å². The largest absolute Gasteiger partial charge is 0.397 e. The Morgan fingerprint density at radius 2 is 2.21 bits per heavy atom. The highest BCUT2D eigenvalue weighted by Gasteiger charge is 2.09. The number of ether oxygens (including phenoxy) is 1. The molecule has 1 aliphatic rings. The molecule has 0 spiro atoms. The second kappa shape index (κ2) is 4.28. The number of pyridine rings is 1. The lowest BCUT2D eigenvalue weighted by Gasteiger charge is -2.21. The molecule has 0 bridgehead atoms. The number of hydrogen-bond donors (Lipinski definition) is 1. The highest BCUT2D eigenvalue weighted by atomic mass is 16.5. The molecule has 1 aromatic rings. The zero-order valence-corrected chi connectivity index (χ0v) is 8.15. The summed E-state index contributed by atoms with van der Waals surface area (Å²) >= 11 is 0.